The van der Waals surface area contributed by atoms with Crippen LogP contribution in [0.2, 0.25) is 0 Å². The van der Waals surface area contributed by atoms with Crippen molar-refractivity contribution in [3.05, 3.63) is 42.1 Å². The molecule has 1 aromatic carbocycles. The molecule has 2 heterocycles. The number of morpholine rings is 1. The second-order valence-corrected chi connectivity index (χ2v) is 4.49. The van der Waals surface area contributed by atoms with Gasteiger partial charge in [0.05, 0.1) is 24.6 Å². The van der Waals surface area contributed by atoms with Gasteiger partial charge in [0.2, 0.25) is 0 Å². The number of aryl methyl sites for hydroxylation is 1. The molecule has 0 spiro atoms. The Hall–Kier alpha value is -1.81. The van der Waals surface area contributed by atoms with Crippen LogP contribution in [0.5, 0.6) is 0 Å². The quantitative estimate of drug-likeness (QED) is 0.808. The minimum Gasteiger partial charge on any atom is -0.378 e. The molecule has 18 heavy (non-hydrogen) atoms. The zero-order chi connectivity index (χ0) is 12.4. The molecular weight excluding hydrogens is 226 g/mol. The van der Waals surface area contributed by atoms with Crippen LogP contribution in [0.3, 0.4) is 0 Å². The molecule has 0 N–H and O–H groups in total. The van der Waals surface area contributed by atoms with Crippen LogP contribution in [0.25, 0.3) is 5.69 Å². The van der Waals surface area contributed by atoms with Gasteiger partial charge in [0.25, 0.3) is 0 Å². The molecular formula is C14H17N3O. The Bertz CT molecular complexity index is 515. The molecule has 0 atom stereocenters. The molecule has 0 unspecified atom stereocenters. The first kappa shape index (κ1) is 11.3. The van der Waals surface area contributed by atoms with Gasteiger partial charge < -0.3 is 9.64 Å². The van der Waals surface area contributed by atoms with Gasteiger partial charge in [-0.3, -0.25) is 0 Å². The minimum atomic E-state index is 0.791. The lowest BCUT2D eigenvalue weighted by molar-refractivity contribution is 0.122. The van der Waals surface area contributed by atoms with Crippen molar-refractivity contribution in [2.75, 3.05) is 31.2 Å². The number of para-hydroxylation sites is 1. The molecule has 1 saturated heterocycles. The second kappa shape index (κ2) is 4.82. The number of aromatic nitrogens is 2. The van der Waals surface area contributed by atoms with Gasteiger partial charge in [-0.25, -0.2) is 4.68 Å². The standard InChI is InChI=1S/C14H17N3O/c1-12-11-14(16-7-9-18-10-8-16)17(15-12)13-5-3-2-4-6-13/h2-6,11H,7-10H2,1H3. The van der Waals surface area contributed by atoms with Crippen molar-refractivity contribution in [1.82, 2.24) is 9.78 Å². The molecule has 0 aliphatic carbocycles. The summed E-state index contributed by atoms with van der Waals surface area (Å²) < 4.78 is 7.42. The second-order valence-electron chi connectivity index (χ2n) is 4.49. The van der Waals surface area contributed by atoms with Crippen LogP contribution in [0.1, 0.15) is 5.69 Å². The summed E-state index contributed by atoms with van der Waals surface area (Å²) in [6.07, 6.45) is 0. The number of hydrogen-bond donors (Lipinski definition) is 0. The smallest absolute Gasteiger partial charge is 0.132 e. The molecule has 4 nitrogen and oxygen atoms in total. The maximum Gasteiger partial charge on any atom is 0.132 e. The Morgan fingerprint density at radius 2 is 1.83 bits per heavy atom. The Balaban J connectivity index is 1.99. The van der Waals surface area contributed by atoms with E-state index in [1.165, 1.54) is 0 Å². The van der Waals surface area contributed by atoms with E-state index in [1.807, 2.05) is 29.8 Å². The van der Waals surface area contributed by atoms with Crippen molar-refractivity contribution < 1.29 is 4.74 Å². The van der Waals surface area contributed by atoms with Gasteiger partial charge in [0.15, 0.2) is 0 Å². The third-order valence-corrected chi connectivity index (χ3v) is 3.15. The van der Waals surface area contributed by atoms with Crippen molar-refractivity contribution in [3.63, 3.8) is 0 Å². The molecule has 0 saturated carbocycles. The van der Waals surface area contributed by atoms with E-state index in [2.05, 4.69) is 28.2 Å². The van der Waals surface area contributed by atoms with Crippen LogP contribution in [0.4, 0.5) is 5.82 Å². The van der Waals surface area contributed by atoms with Crippen molar-refractivity contribution in [2.45, 2.75) is 6.92 Å². The highest BCUT2D eigenvalue weighted by atomic mass is 16.5. The van der Waals surface area contributed by atoms with E-state index in [4.69, 9.17) is 4.74 Å². The van der Waals surface area contributed by atoms with Gasteiger partial charge in [-0.05, 0) is 19.1 Å². The van der Waals surface area contributed by atoms with E-state index in [-0.39, 0.29) is 0 Å². The van der Waals surface area contributed by atoms with Gasteiger partial charge in [-0.2, -0.15) is 5.10 Å². The SMILES string of the molecule is Cc1cc(N2CCOCC2)n(-c2ccccc2)n1. The summed E-state index contributed by atoms with van der Waals surface area (Å²) in [4.78, 5) is 2.33. The highest BCUT2D eigenvalue weighted by Crippen LogP contribution is 2.21. The van der Waals surface area contributed by atoms with E-state index in [9.17, 15) is 0 Å². The van der Waals surface area contributed by atoms with Crippen LogP contribution >= 0.6 is 0 Å². The average molecular weight is 243 g/mol. The Morgan fingerprint density at radius 1 is 1.11 bits per heavy atom. The van der Waals surface area contributed by atoms with E-state index in [1.54, 1.807) is 0 Å². The lowest BCUT2D eigenvalue weighted by atomic mass is 10.3. The third-order valence-electron chi connectivity index (χ3n) is 3.15. The maximum absolute atomic E-state index is 5.40. The lowest BCUT2D eigenvalue weighted by Gasteiger charge is -2.28. The van der Waals surface area contributed by atoms with Crippen LogP contribution in [0.15, 0.2) is 36.4 Å². The zero-order valence-corrected chi connectivity index (χ0v) is 10.5. The van der Waals surface area contributed by atoms with Crippen molar-refractivity contribution in [2.24, 2.45) is 0 Å². The molecule has 4 heteroatoms. The van der Waals surface area contributed by atoms with E-state index in [0.717, 1.165) is 43.5 Å². The molecule has 1 aliphatic heterocycles. The van der Waals surface area contributed by atoms with Crippen molar-refractivity contribution >= 4 is 5.82 Å². The summed E-state index contributed by atoms with van der Waals surface area (Å²) in [5.41, 5.74) is 2.15. The maximum atomic E-state index is 5.40. The van der Waals surface area contributed by atoms with Gasteiger partial charge >= 0.3 is 0 Å². The molecule has 1 aromatic heterocycles. The molecule has 0 amide bonds. The lowest BCUT2D eigenvalue weighted by Crippen LogP contribution is -2.37. The Kier molecular flexibility index (Phi) is 3.02. The van der Waals surface area contributed by atoms with Crippen LogP contribution in [-0.4, -0.2) is 36.1 Å². The monoisotopic (exact) mass is 243 g/mol. The first-order chi connectivity index (χ1) is 8.84. The fraction of sp³-hybridized carbons (Fsp3) is 0.357. The van der Waals surface area contributed by atoms with Gasteiger partial charge in [0, 0.05) is 19.2 Å². The molecule has 1 aliphatic rings. The largest absolute Gasteiger partial charge is 0.378 e. The molecule has 0 bridgehead atoms. The van der Waals surface area contributed by atoms with E-state index >= 15 is 0 Å². The highest BCUT2D eigenvalue weighted by Gasteiger charge is 2.17. The number of rotatable bonds is 2. The van der Waals surface area contributed by atoms with Crippen LogP contribution in [-0.2, 0) is 4.74 Å². The summed E-state index contributed by atoms with van der Waals surface area (Å²) >= 11 is 0. The number of benzene rings is 1. The predicted molar refractivity (Wildman–Crippen MR) is 71.3 cm³/mol. The first-order valence-electron chi connectivity index (χ1n) is 6.29. The minimum absolute atomic E-state index is 0.791. The fourth-order valence-corrected chi connectivity index (χ4v) is 2.26. The Labute approximate surface area is 107 Å². The molecule has 2 aromatic rings. The molecule has 3 rings (SSSR count). The molecule has 94 valence electrons. The molecule has 0 radical (unpaired) electrons. The van der Waals surface area contributed by atoms with Gasteiger partial charge in [-0.1, -0.05) is 18.2 Å². The average Bonchev–Trinajstić information content (AvgIpc) is 2.83. The normalized spacial score (nSPS) is 15.9. The van der Waals surface area contributed by atoms with Crippen molar-refractivity contribution in [3.8, 4) is 5.69 Å². The number of anilines is 1. The van der Waals surface area contributed by atoms with Gasteiger partial charge in [0.1, 0.15) is 5.82 Å². The summed E-state index contributed by atoms with van der Waals surface area (Å²) in [6.45, 7) is 5.47. The number of ether oxygens (including phenoxy) is 1. The first-order valence-corrected chi connectivity index (χ1v) is 6.29. The zero-order valence-electron chi connectivity index (χ0n) is 10.5. The number of nitrogens with zero attached hydrogens (tertiary/aromatic N) is 3. The summed E-state index contributed by atoms with van der Waals surface area (Å²) in [6, 6.07) is 12.4. The van der Waals surface area contributed by atoms with Crippen LogP contribution in [0, 0.1) is 6.92 Å². The summed E-state index contributed by atoms with van der Waals surface area (Å²) in [5.74, 6) is 1.15. The van der Waals surface area contributed by atoms with Gasteiger partial charge in [-0.15, -0.1) is 0 Å². The molecule has 1 fully saturated rings. The predicted octanol–water partition coefficient (Wildman–Crippen LogP) is 2.02. The summed E-state index contributed by atoms with van der Waals surface area (Å²) in [5, 5.41) is 4.59. The van der Waals surface area contributed by atoms with E-state index < -0.39 is 0 Å². The topological polar surface area (TPSA) is 30.3 Å². The van der Waals surface area contributed by atoms with Crippen LogP contribution < -0.4 is 4.90 Å². The fourth-order valence-electron chi connectivity index (χ4n) is 2.26. The number of hydrogen-bond acceptors (Lipinski definition) is 3. The highest BCUT2D eigenvalue weighted by molar-refractivity contribution is 5.48. The van der Waals surface area contributed by atoms with Crippen molar-refractivity contribution in [1.29, 1.82) is 0 Å². The Morgan fingerprint density at radius 3 is 2.56 bits per heavy atom. The van der Waals surface area contributed by atoms with E-state index in [0.29, 0.717) is 0 Å². The summed E-state index contributed by atoms with van der Waals surface area (Å²) in [7, 11) is 0. The third kappa shape index (κ3) is 2.11.